The Labute approximate surface area is 777 Å². The predicted molar refractivity (Wildman–Crippen MR) is 499 cm³/mol. The van der Waals surface area contributed by atoms with E-state index in [2.05, 4.69) is 354 Å². The van der Waals surface area contributed by atoms with Gasteiger partial charge in [0.2, 0.25) is 0 Å². The van der Waals surface area contributed by atoms with Gasteiger partial charge in [-0.2, -0.15) is 0 Å². The van der Waals surface area contributed by atoms with Crippen molar-refractivity contribution < 1.29 is 77.2 Å². The normalized spacial score (nSPS) is 18.7. The molecule has 0 aliphatic heterocycles. The third-order valence-corrected chi connectivity index (χ3v) is 25.7. The maximum atomic E-state index is 13.5. The van der Waals surface area contributed by atoms with Gasteiger partial charge in [0.1, 0.15) is 0 Å². The van der Waals surface area contributed by atoms with Crippen LogP contribution in [0.5, 0.6) is 34.5 Å². The molecule has 3 fully saturated rings. The first-order valence-electron chi connectivity index (χ1n) is 46.1. The van der Waals surface area contributed by atoms with Gasteiger partial charge in [0, 0.05) is 75.5 Å². The van der Waals surface area contributed by atoms with Crippen molar-refractivity contribution in [1.82, 2.24) is 31.9 Å². The molecule has 0 heterocycles. The topological polar surface area (TPSA) is 211 Å². The van der Waals surface area contributed by atoms with Gasteiger partial charge in [-0.15, -0.1) is 34.5 Å². The summed E-state index contributed by atoms with van der Waals surface area (Å²) in [6.45, 7) is 81.4. The van der Waals surface area contributed by atoms with E-state index in [1.807, 2.05) is 0 Å². The molecule has 15 heteroatoms. The quantitative estimate of drug-likeness (QED) is 0.0444. The fraction of sp³-hybridized carbons (Fsp3) is 0.667. The average Bonchev–Trinajstić information content (AvgIpc) is 0.808. The molecule has 123 heavy (non-hydrogen) atoms. The Morgan fingerprint density at radius 3 is 0.390 bits per heavy atom. The van der Waals surface area contributed by atoms with Crippen molar-refractivity contribution in [2.24, 2.45) is 0 Å². The van der Waals surface area contributed by atoms with Gasteiger partial charge in [0.25, 0.3) is 0 Å². The Bertz CT molecular complexity index is 3700. The van der Waals surface area contributed by atoms with E-state index >= 15 is 0 Å². The fourth-order valence-corrected chi connectivity index (χ4v) is 17.2. The van der Waals surface area contributed by atoms with Crippen LogP contribution in [0.4, 0.5) is 0 Å². The molecule has 12 nitrogen and oxygen atoms in total. The summed E-state index contributed by atoms with van der Waals surface area (Å²) in [4.78, 5) is 0. The van der Waals surface area contributed by atoms with Crippen LogP contribution in [0.3, 0.4) is 0 Å². The van der Waals surface area contributed by atoms with E-state index in [9.17, 15) is 30.6 Å². The van der Waals surface area contributed by atoms with Crippen LogP contribution < -0.4 is 74.9 Å². The molecule has 0 radical (unpaired) electrons. The van der Waals surface area contributed by atoms with Crippen LogP contribution in [0.1, 0.15) is 426 Å². The SMILES string of the molecule is CC(C)(C)c1cc(CN[C@@H]2CCCC[C@H]2NCc2cc(C(C)(C)C)cc(C(C)(C)C)c2[O-])c([O-])c(C(C)(C)C)c1.CC(C)(C)c1cc(CN[C@@H]2CCCC[C@H]2NCc2cc(C(C)(C)C)cc(C(C)(C)C)c2[O-])c([O-])c(C(C)(C)C)c1.CC(C)(C)c1cc(CN[C@@H]2CCCC[C@H]2NCc2cc(C(C)(C)C)cc(C(C)(C)C)c2[O-])c([O-])c(C(C)(C)C)c1.[Cl-].[Mn+3].[Mn+3]. The Morgan fingerprint density at radius 2 is 0.301 bits per heavy atom. The largest absolute Gasteiger partial charge is 3.00 e. The molecule has 3 aliphatic carbocycles. The second-order valence-corrected chi connectivity index (χ2v) is 48.9. The molecule has 0 spiro atoms. The Balaban J connectivity index is 0.000000383. The van der Waals surface area contributed by atoms with Crippen LogP contribution in [0.25, 0.3) is 0 Å². The van der Waals surface area contributed by atoms with Crippen LogP contribution >= 0.6 is 0 Å². The zero-order valence-electron chi connectivity index (χ0n) is 83.7. The van der Waals surface area contributed by atoms with Crippen LogP contribution in [-0.2, 0) is 138 Å². The summed E-state index contributed by atoms with van der Waals surface area (Å²) in [5.41, 5.74) is 16.4. The number of nitrogens with one attached hydrogen (secondary N) is 6. The van der Waals surface area contributed by atoms with Crippen molar-refractivity contribution in [3.8, 4) is 34.5 Å². The van der Waals surface area contributed by atoms with Gasteiger partial charge < -0.3 is 74.9 Å². The predicted octanol–water partition coefficient (Wildman–Crippen LogP) is 18.6. The summed E-state index contributed by atoms with van der Waals surface area (Å²) in [6.07, 6.45) is 13.5. The van der Waals surface area contributed by atoms with E-state index in [1.54, 1.807) is 0 Å². The summed E-state index contributed by atoms with van der Waals surface area (Å²) in [5.74, 6) is 0.989. The second kappa shape index (κ2) is 42.4. The Hall–Kier alpha value is -4.79. The van der Waals surface area contributed by atoms with Crippen molar-refractivity contribution in [3.63, 3.8) is 0 Å². The van der Waals surface area contributed by atoms with Gasteiger partial charge in [-0.1, -0.05) is 361 Å². The van der Waals surface area contributed by atoms with Crippen LogP contribution in [0, 0.1) is 0 Å². The molecule has 0 saturated heterocycles. The molecule has 0 unspecified atom stereocenters. The summed E-state index contributed by atoms with van der Waals surface area (Å²) >= 11 is 0. The maximum Gasteiger partial charge on any atom is 3.00 e. The monoisotopic (exact) mass is 1790 g/mol. The number of hydrogen-bond acceptors (Lipinski definition) is 12. The van der Waals surface area contributed by atoms with Crippen molar-refractivity contribution in [3.05, 3.63) is 173 Å². The summed E-state index contributed by atoms with van der Waals surface area (Å²) < 4.78 is 0. The first kappa shape index (κ1) is 111. The molecule has 6 aromatic carbocycles. The van der Waals surface area contributed by atoms with Crippen molar-refractivity contribution >= 4 is 0 Å². The first-order chi connectivity index (χ1) is 54.6. The summed E-state index contributed by atoms with van der Waals surface area (Å²) in [6, 6.07) is 27.0. The maximum absolute atomic E-state index is 13.5. The summed E-state index contributed by atoms with van der Waals surface area (Å²) in [7, 11) is 0. The van der Waals surface area contributed by atoms with Gasteiger partial charge in [-0.3, -0.25) is 0 Å². The van der Waals surface area contributed by atoms with Crippen molar-refractivity contribution in [2.75, 3.05) is 0 Å². The molecule has 6 N–H and O–H groups in total. The number of rotatable bonds is 18. The van der Waals surface area contributed by atoms with E-state index in [1.165, 1.54) is 71.9 Å². The number of halogens is 1. The average molecular weight is 1790 g/mol. The van der Waals surface area contributed by atoms with E-state index in [0.29, 0.717) is 39.3 Å². The minimum absolute atomic E-state index is 0. The molecule has 9 rings (SSSR count). The first-order valence-corrected chi connectivity index (χ1v) is 46.1. The van der Waals surface area contributed by atoms with E-state index in [0.717, 1.165) is 105 Å². The van der Waals surface area contributed by atoms with E-state index in [4.69, 9.17) is 0 Å². The number of benzene rings is 6. The fourth-order valence-electron chi connectivity index (χ4n) is 17.2. The molecule has 0 amide bonds. The Morgan fingerprint density at radius 1 is 0.195 bits per heavy atom. The molecule has 3 saturated carbocycles. The van der Waals surface area contributed by atoms with Gasteiger partial charge in [-0.05, 0) is 204 Å². The molecular formula is C108H168ClMn2N6O6-. The van der Waals surface area contributed by atoms with Crippen molar-refractivity contribution in [1.29, 1.82) is 0 Å². The third kappa shape index (κ3) is 30.4. The summed E-state index contributed by atoms with van der Waals surface area (Å²) in [5, 5.41) is 104. The Kier molecular flexibility index (Phi) is 38.1. The zero-order chi connectivity index (χ0) is 90.8. The standard InChI is InChI=1S/3C36H58N2O2.ClH.2Mn/c3*1-33(2,3)25-17-23(31(39)27(19-25)35(7,8)9)21-37-29-15-13-14-16-30(29)38-22-24-18-26(34(4,5)6)20-28(32(24)40)36(10,11)12;;;/h3*17-20,29-30,37-40H,13-16,21-22H2,1-12H3;1H;;/q;;;;2*+3/p-7/t3*29-,30-;;;/m111.../s1. The zero-order valence-corrected chi connectivity index (χ0v) is 86.8. The van der Waals surface area contributed by atoms with Gasteiger partial charge in [0.15, 0.2) is 0 Å². The van der Waals surface area contributed by atoms with Crippen LogP contribution in [0.2, 0.25) is 0 Å². The molecule has 6 atom stereocenters. The number of hydrogen-bond donors (Lipinski definition) is 6. The van der Waals surface area contributed by atoms with Crippen LogP contribution in [0.15, 0.2) is 72.8 Å². The van der Waals surface area contributed by atoms with Gasteiger partial charge in [0.05, 0.1) is 0 Å². The van der Waals surface area contributed by atoms with E-state index in [-0.39, 0.29) is 182 Å². The molecule has 3 aliphatic rings. The minimum atomic E-state index is -0.203. The van der Waals surface area contributed by atoms with E-state index < -0.39 is 0 Å². The molecular weight excluding hydrogens is 1620 g/mol. The molecule has 6 aromatic rings. The third-order valence-electron chi connectivity index (χ3n) is 25.7. The molecule has 0 bridgehead atoms. The second-order valence-electron chi connectivity index (χ2n) is 48.9. The van der Waals surface area contributed by atoms with Gasteiger partial charge >= 0.3 is 34.1 Å². The minimum Gasteiger partial charge on any atom is -1.00 e. The van der Waals surface area contributed by atoms with Gasteiger partial charge in [-0.25, -0.2) is 0 Å². The smallest absolute Gasteiger partial charge is 1.00 e. The molecule has 688 valence electrons. The van der Waals surface area contributed by atoms with Crippen molar-refractivity contribution in [2.45, 2.75) is 467 Å². The molecule has 0 aromatic heterocycles. The van der Waals surface area contributed by atoms with Crippen LogP contribution in [-0.4, -0.2) is 36.3 Å².